The number of aromatic hydroxyl groups is 1. The van der Waals surface area contributed by atoms with E-state index in [-0.39, 0.29) is 17.6 Å². The molecule has 20 heavy (non-hydrogen) atoms. The highest BCUT2D eigenvalue weighted by atomic mass is 127. The van der Waals surface area contributed by atoms with Gasteiger partial charge in [0.2, 0.25) is 0 Å². The lowest BCUT2D eigenvalue weighted by Gasteiger charge is -2.18. The van der Waals surface area contributed by atoms with Gasteiger partial charge in [-0.1, -0.05) is 0 Å². The topological polar surface area (TPSA) is 41.5 Å². The van der Waals surface area contributed by atoms with Crippen LogP contribution < -0.4 is 10.1 Å². The Labute approximate surface area is 130 Å². The molecular formula is C15H15FINO2. The summed E-state index contributed by atoms with van der Waals surface area (Å²) in [5.41, 5.74) is 1.58. The Balaban J connectivity index is 2.21. The predicted octanol–water partition coefficient (Wildman–Crippen LogP) is 4.32. The Bertz CT molecular complexity index is 619. The van der Waals surface area contributed by atoms with E-state index in [1.165, 1.54) is 12.1 Å². The summed E-state index contributed by atoms with van der Waals surface area (Å²) in [5, 5.41) is 13.3. The Kier molecular flexibility index (Phi) is 4.69. The first kappa shape index (κ1) is 14.9. The molecule has 5 heteroatoms. The van der Waals surface area contributed by atoms with Crippen LogP contribution in [0.25, 0.3) is 0 Å². The van der Waals surface area contributed by atoms with E-state index in [2.05, 4.69) is 27.9 Å². The van der Waals surface area contributed by atoms with Crippen molar-refractivity contribution < 1.29 is 14.2 Å². The highest BCUT2D eigenvalue weighted by Gasteiger charge is 2.12. The third kappa shape index (κ3) is 3.33. The number of anilines is 1. The SMILES string of the molecule is COc1ccc(C(C)Nc2ccc(F)cc2I)c(O)c1. The monoisotopic (exact) mass is 387 g/mol. The average molecular weight is 387 g/mol. The lowest BCUT2D eigenvalue weighted by atomic mass is 10.1. The van der Waals surface area contributed by atoms with Crippen LogP contribution >= 0.6 is 22.6 Å². The van der Waals surface area contributed by atoms with Crippen molar-refractivity contribution in [3.63, 3.8) is 0 Å². The number of phenolic OH excluding ortho intramolecular Hbond substituents is 1. The van der Waals surface area contributed by atoms with Gasteiger partial charge >= 0.3 is 0 Å². The van der Waals surface area contributed by atoms with E-state index in [1.54, 1.807) is 25.3 Å². The summed E-state index contributed by atoms with van der Waals surface area (Å²) >= 11 is 2.07. The van der Waals surface area contributed by atoms with Gasteiger partial charge in [-0.25, -0.2) is 4.39 Å². The highest BCUT2D eigenvalue weighted by molar-refractivity contribution is 14.1. The molecule has 2 aromatic carbocycles. The van der Waals surface area contributed by atoms with Gasteiger partial charge in [-0.3, -0.25) is 0 Å². The number of ether oxygens (including phenoxy) is 1. The van der Waals surface area contributed by atoms with Crippen LogP contribution in [0.2, 0.25) is 0 Å². The normalized spacial score (nSPS) is 12.0. The van der Waals surface area contributed by atoms with Crippen molar-refractivity contribution >= 4 is 28.3 Å². The lowest BCUT2D eigenvalue weighted by Crippen LogP contribution is -2.08. The second kappa shape index (κ2) is 6.30. The van der Waals surface area contributed by atoms with Crippen molar-refractivity contribution in [3.05, 3.63) is 51.3 Å². The van der Waals surface area contributed by atoms with Crippen molar-refractivity contribution in [1.82, 2.24) is 0 Å². The molecule has 0 saturated heterocycles. The number of hydrogen-bond acceptors (Lipinski definition) is 3. The van der Waals surface area contributed by atoms with E-state index in [0.717, 1.165) is 14.8 Å². The number of nitrogens with one attached hydrogen (secondary N) is 1. The van der Waals surface area contributed by atoms with Crippen molar-refractivity contribution in [1.29, 1.82) is 0 Å². The second-order valence-corrected chi connectivity index (χ2v) is 5.58. The van der Waals surface area contributed by atoms with Crippen LogP contribution in [0.15, 0.2) is 36.4 Å². The summed E-state index contributed by atoms with van der Waals surface area (Å²) in [6.07, 6.45) is 0. The quantitative estimate of drug-likeness (QED) is 0.768. The standard InChI is InChI=1S/C15H15FINO2/c1-9(12-5-4-11(20-2)8-15(12)19)18-14-6-3-10(16)7-13(14)17/h3-9,18-19H,1-2H3. The molecule has 0 aliphatic rings. The molecule has 1 atom stereocenters. The molecule has 0 saturated carbocycles. The summed E-state index contributed by atoms with van der Waals surface area (Å²) in [6.45, 7) is 1.93. The minimum absolute atomic E-state index is 0.111. The fourth-order valence-electron chi connectivity index (χ4n) is 1.93. The van der Waals surface area contributed by atoms with E-state index in [1.807, 2.05) is 13.0 Å². The van der Waals surface area contributed by atoms with Gasteiger partial charge in [0.25, 0.3) is 0 Å². The molecule has 106 valence electrons. The number of methoxy groups -OCH3 is 1. The van der Waals surface area contributed by atoms with Crippen molar-refractivity contribution in [3.8, 4) is 11.5 Å². The molecule has 0 fully saturated rings. The number of rotatable bonds is 4. The molecule has 1 unspecified atom stereocenters. The van der Waals surface area contributed by atoms with E-state index in [0.29, 0.717) is 5.75 Å². The summed E-state index contributed by atoms with van der Waals surface area (Å²) in [5.74, 6) is 0.510. The zero-order chi connectivity index (χ0) is 14.7. The summed E-state index contributed by atoms with van der Waals surface area (Å²) < 4.78 is 18.9. The zero-order valence-electron chi connectivity index (χ0n) is 11.2. The third-order valence-corrected chi connectivity index (χ3v) is 3.90. The fraction of sp³-hybridized carbons (Fsp3) is 0.200. The smallest absolute Gasteiger partial charge is 0.124 e. The Morgan fingerprint density at radius 3 is 2.60 bits per heavy atom. The van der Waals surface area contributed by atoms with E-state index >= 15 is 0 Å². The van der Waals surface area contributed by atoms with Gasteiger partial charge in [0.1, 0.15) is 17.3 Å². The van der Waals surface area contributed by atoms with Crippen LogP contribution in [0.1, 0.15) is 18.5 Å². The first-order valence-electron chi connectivity index (χ1n) is 6.09. The molecular weight excluding hydrogens is 372 g/mol. The number of halogens is 2. The molecule has 0 radical (unpaired) electrons. The Morgan fingerprint density at radius 1 is 1.25 bits per heavy atom. The second-order valence-electron chi connectivity index (χ2n) is 4.41. The van der Waals surface area contributed by atoms with Gasteiger partial charge in [0, 0.05) is 20.9 Å². The lowest BCUT2D eigenvalue weighted by molar-refractivity contribution is 0.406. The molecule has 0 aromatic heterocycles. The average Bonchev–Trinajstić information content (AvgIpc) is 2.41. The molecule has 0 aliphatic heterocycles. The van der Waals surface area contributed by atoms with Gasteiger partial charge in [0.05, 0.1) is 13.2 Å². The number of benzene rings is 2. The van der Waals surface area contributed by atoms with Crippen LogP contribution in [-0.2, 0) is 0 Å². The largest absolute Gasteiger partial charge is 0.507 e. The molecule has 2 N–H and O–H groups in total. The maximum absolute atomic E-state index is 13.1. The van der Waals surface area contributed by atoms with Crippen LogP contribution in [0.3, 0.4) is 0 Å². The van der Waals surface area contributed by atoms with Crippen molar-refractivity contribution in [2.45, 2.75) is 13.0 Å². The Hall–Kier alpha value is -1.50. The van der Waals surface area contributed by atoms with Crippen molar-refractivity contribution in [2.24, 2.45) is 0 Å². The van der Waals surface area contributed by atoms with Gasteiger partial charge < -0.3 is 15.2 Å². The van der Waals surface area contributed by atoms with E-state index in [9.17, 15) is 9.50 Å². The maximum atomic E-state index is 13.1. The van der Waals surface area contributed by atoms with Crippen LogP contribution in [0.4, 0.5) is 10.1 Å². The highest BCUT2D eigenvalue weighted by Crippen LogP contribution is 2.31. The van der Waals surface area contributed by atoms with Gasteiger partial charge in [-0.05, 0) is 59.8 Å². The zero-order valence-corrected chi connectivity index (χ0v) is 13.3. The molecule has 0 bridgehead atoms. The molecule has 0 aliphatic carbocycles. The molecule has 0 heterocycles. The number of phenols is 1. The van der Waals surface area contributed by atoms with Gasteiger partial charge in [-0.15, -0.1) is 0 Å². The summed E-state index contributed by atoms with van der Waals surface area (Å²) in [7, 11) is 1.55. The fourth-order valence-corrected chi connectivity index (χ4v) is 2.57. The van der Waals surface area contributed by atoms with Gasteiger partial charge in [0.15, 0.2) is 0 Å². The number of hydrogen-bond donors (Lipinski definition) is 2. The molecule has 2 rings (SSSR count). The van der Waals surface area contributed by atoms with Crippen LogP contribution in [0.5, 0.6) is 11.5 Å². The molecule has 2 aromatic rings. The van der Waals surface area contributed by atoms with E-state index in [4.69, 9.17) is 4.74 Å². The minimum atomic E-state index is -0.264. The summed E-state index contributed by atoms with van der Waals surface area (Å²) in [6, 6.07) is 9.62. The first-order chi connectivity index (χ1) is 9.51. The molecule has 0 spiro atoms. The third-order valence-electron chi connectivity index (χ3n) is 3.01. The van der Waals surface area contributed by atoms with Crippen LogP contribution in [-0.4, -0.2) is 12.2 Å². The molecule has 3 nitrogen and oxygen atoms in total. The maximum Gasteiger partial charge on any atom is 0.124 e. The minimum Gasteiger partial charge on any atom is -0.507 e. The van der Waals surface area contributed by atoms with Crippen molar-refractivity contribution in [2.75, 3.05) is 12.4 Å². The molecule has 0 amide bonds. The van der Waals surface area contributed by atoms with Crippen LogP contribution in [0, 0.1) is 9.39 Å². The van der Waals surface area contributed by atoms with E-state index < -0.39 is 0 Å². The van der Waals surface area contributed by atoms with Gasteiger partial charge in [-0.2, -0.15) is 0 Å². The predicted molar refractivity (Wildman–Crippen MR) is 85.8 cm³/mol. The first-order valence-corrected chi connectivity index (χ1v) is 7.17. The summed E-state index contributed by atoms with van der Waals surface area (Å²) in [4.78, 5) is 0. The Morgan fingerprint density at radius 2 is 2.00 bits per heavy atom.